The van der Waals surface area contributed by atoms with Crippen LogP contribution in [0.15, 0.2) is 20.9 Å². The van der Waals surface area contributed by atoms with Crippen LogP contribution in [0.3, 0.4) is 0 Å². The first-order valence-corrected chi connectivity index (χ1v) is 8.56. The van der Waals surface area contributed by atoms with Gasteiger partial charge in [-0.1, -0.05) is 0 Å². The molecule has 0 aliphatic heterocycles. The Morgan fingerprint density at radius 3 is 2.89 bits per heavy atom. The number of aryl methyl sites for hydroxylation is 1. The molecule has 4 N–H and O–H groups in total. The van der Waals surface area contributed by atoms with E-state index in [2.05, 4.69) is 30.8 Å². The molecule has 0 atom stereocenters. The van der Waals surface area contributed by atoms with Crippen LogP contribution in [0.25, 0.3) is 0 Å². The van der Waals surface area contributed by atoms with Gasteiger partial charge in [0.25, 0.3) is 10.0 Å². The van der Waals surface area contributed by atoms with Crippen molar-refractivity contribution >= 4 is 37.3 Å². The van der Waals surface area contributed by atoms with Crippen LogP contribution in [0.5, 0.6) is 0 Å². The Balaban J connectivity index is 2.18. The molecule has 0 unspecified atom stereocenters. The van der Waals surface area contributed by atoms with Gasteiger partial charge in [0.15, 0.2) is 5.03 Å². The van der Waals surface area contributed by atoms with Gasteiger partial charge in [-0.25, -0.2) is 13.1 Å². The van der Waals surface area contributed by atoms with Crippen molar-refractivity contribution in [2.24, 2.45) is 5.73 Å². The zero-order valence-corrected chi connectivity index (χ0v) is 13.3. The Hall–Kier alpha value is -0.740. The lowest BCUT2D eigenvalue weighted by Crippen LogP contribution is -2.24. The van der Waals surface area contributed by atoms with Gasteiger partial charge >= 0.3 is 0 Å². The van der Waals surface area contributed by atoms with E-state index in [-0.39, 0.29) is 18.1 Å². The molecule has 0 bridgehead atoms. The van der Waals surface area contributed by atoms with Crippen LogP contribution in [0.4, 0.5) is 0 Å². The summed E-state index contributed by atoms with van der Waals surface area (Å²) in [5, 5.41) is 8.33. The van der Waals surface area contributed by atoms with E-state index >= 15 is 0 Å². The Kier molecular flexibility index (Phi) is 4.41. The van der Waals surface area contributed by atoms with Crippen molar-refractivity contribution in [1.29, 1.82) is 0 Å². The average Bonchev–Trinajstić information content (AvgIpc) is 2.93. The molecule has 0 radical (unpaired) electrons. The number of thiophene rings is 1. The predicted molar refractivity (Wildman–Crippen MR) is 77.3 cm³/mol. The van der Waals surface area contributed by atoms with Crippen LogP contribution >= 0.6 is 27.3 Å². The van der Waals surface area contributed by atoms with Crippen LogP contribution in [-0.2, 0) is 23.1 Å². The standard InChI is InChI=1S/C10H13BrN4O2S2/c1-6-9(3-12)10(15-14-6)19(16,17)13-4-8-2-7(11)5-18-8/h2,5,13H,3-4,12H2,1H3,(H,14,15). The van der Waals surface area contributed by atoms with E-state index in [1.165, 1.54) is 11.3 Å². The molecular formula is C10H13BrN4O2S2. The van der Waals surface area contributed by atoms with Crippen LogP contribution in [-0.4, -0.2) is 18.6 Å². The molecule has 2 rings (SSSR count). The van der Waals surface area contributed by atoms with Gasteiger partial charge < -0.3 is 5.73 Å². The zero-order valence-electron chi connectivity index (χ0n) is 10.1. The Morgan fingerprint density at radius 1 is 1.58 bits per heavy atom. The van der Waals surface area contributed by atoms with Crippen LogP contribution in [0.1, 0.15) is 16.1 Å². The third-order valence-corrected chi connectivity index (χ3v) is 5.62. The third kappa shape index (κ3) is 3.23. The molecule has 19 heavy (non-hydrogen) atoms. The summed E-state index contributed by atoms with van der Waals surface area (Å²) >= 11 is 4.80. The van der Waals surface area contributed by atoms with Crippen molar-refractivity contribution in [3.8, 4) is 0 Å². The lowest BCUT2D eigenvalue weighted by Gasteiger charge is -2.04. The number of nitrogens with one attached hydrogen (secondary N) is 2. The fraction of sp³-hybridized carbons (Fsp3) is 0.300. The first-order chi connectivity index (χ1) is 8.94. The molecule has 0 fully saturated rings. The zero-order chi connectivity index (χ0) is 14.0. The number of hydrogen-bond donors (Lipinski definition) is 3. The number of aromatic nitrogens is 2. The summed E-state index contributed by atoms with van der Waals surface area (Å²) in [5.74, 6) is 0. The topological polar surface area (TPSA) is 101 Å². The van der Waals surface area contributed by atoms with Crippen molar-refractivity contribution in [2.75, 3.05) is 0 Å². The highest BCUT2D eigenvalue weighted by Crippen LogP contribution is 2.21. The lowest BCUT2D eigenvalue weighted by atomic mass is 10.3. The number of nitrogens with two attached hydrogens (primary N) is 1. The SMILES string of the molecule is Cc1[nH]nc(S(=O)(=O)NCc2cc(Br)cs2)c1CN. The van der Waals surface area contributed by atoms with Gasteiger partial charge in [0.05, 0.1) is 0 Å². The van der Waals surface area contributed by atoms with Crippen LogP contribution in [0.2, 0.25) is 0 Å². The minimum Gasteiger partial charge on any atom is -0.326 e. The predicted octanol–water partition coefficient (Wildman–Crippen LogP) is 1.48. The van der Waals surface area contributed by atoms with Crippen molar-refractivity contribution in [1.82, 2.24) is 14.9 Å². The number of aromatic amines is 1. The Morgan fingerprint density at radius 2 is 2.32 bits per heavy atom. The van der Waals surface area contributed by atoms with Gasteiger partial charge in [0.1, 0.15) is 0 Å². The highest BCUT2D eigenvalue weighted by molar-refractivity contribution is 9.10. The smallest absolute Gasteiger partial charge is 0.260 e. The molecule has 0 amide bonds. The monoisotopic (exact) mass is 364 g/mol. The first kappa shape index (κ1) is 14.7. The second-order valence-corrected chi connectivity index (χ2v) is 7.49. The van der Waals surface area contributed by atoms with E-state index < -0.39 is 10.0 Å². The highest BCUT2D eigenvalue weighted by Gasteiger charge is 2.22. The van der Waals surface area contributed by atoms with Crippen molar-refractivity contribution in [2.45, 2.75) is 25.0 Å². The van der Waals surface area contributed by atoms with Crippen LogP contribution in [0, 0.1) is 6.92 Å². The van der Waals surface area contributed by atoms with Gasteiger partial charge in [0, 0.05) is 39.1 Å². The van der Waals surface area contributed by atoms with Gasteiger partial charge in [-0.15, -0.1) is 11.3 Å². The van der Waals surface area contributed by atoms with Gasteiger partial charge in [0.2, 0.25) is 0 Å². The van der Waals surface area contributed by atoms with E-state index in [9.17, 15) is 8.42 Å². The number of halogens is 1. The maximum atomic E-state index is 12.1. The number of H-pyrrole nitrogens is 1. The molecule has 104 valence electrons. The molecule has 2 aromatic heterocycles. The molecule has 6 nitrogen and oxygen atoms in total. The largest absolute Gasteiger partial charge is 0.326 e. The molecular weight excluding hydrogens is 352 g/mol. The third-order valence-electron chi connectivity index (χ3n) is 2.55. The Labute approximate surface area is 123 Å². The van der Waals surface area contributed by atoms with E-state index in [4.69, 9.17) is 5.73 Å². The van der Waals surface area contributed by atoms with Gasteiger partial charge in [-0.3, -0.25) is 5.10 Å². The average molecular weight is 365 g/mol. The second kappa shape index (κ2) is 5.71. The van der Waals surface area contributed by atoms with Crippen molar-refractivity contribution in [3.05, 3.63) is 32.1 Å². The van der Waals surface area contributed by atoms with Gasteiger partial charge in [-0.2, -0.15) is 5.10 Å². The molecule has 0 saturated heterocycles. The fourth-order valence-corrected chi connectivity index (χ4v) is 4.26. The summed E-state index contributed by atoms with van der Waals surface area (Å²) in [5.41, 5.74) is 6.73. The van der Waals surface area contributed by atoms with Crippen molar-refractivity contribution in [3.63, 3.8) is 0 Å². The lowest BCUT2D eigenvalue weighted by molar-refractivity contribution is 0.576. The summed E-state index contributed by atoms with van der Waals surface area (Å²) in [6.07, 6.45) is 0. The molecule has 0 spiro atoms. The summed E-state index contributed by atoms with van der Waals surface area (Å²) < 4.78 is 27.8. The summed E-state index contributed by atoms with van der Waals surface area (Å²) in [4.78, 5) is 0.914. The summed E-state index contributed by atoms with van der Waals surface area (Å²) in [6.45, 7) is 2.10. The second-order valence-electron chi connectivity index (χ2n) is 3.89. The molecule has 0 saturated carbocycles. The van der Waals surface area contributed by atoms with E-state index in [0.717, 1.165) is 9.35 Å². The van der Waals surface area contributed by atoms with E-state index in [1.54, 1.807) is 6.92 Å². The number of rotatable bonds is 5. The molecule has 9 heteroatoms. The minimum atomic E-state index is -3.65. The summed E-state index contributed by atoms with van der Waals surface area (Å²) in [7, 11) is -3.65. The number of hydrogen-bond acceptors (Lipinski definition) is 5. The molecule has 0 aromatic carbocycles. The normalized spacial score (nSPS) is 11.9. The molecule has 0 aliphatic rings. The fourth-order valence-electron chi connectivity index (χ4n) is 1.57. The first-order valence-electron chi connectivity index (χ1n) is 5.40. The van der Waals surface area contributed by atoms with E-state index in [1.807, 2.05) is 11.4 Å². The Bertz CT molecular complexity index is 678. The van der Waals surface area contributed by atoms with E-state index in [0.29, 0.717) is 11.3 Å². The maximum absolute atomic E-state index is 12.1. The number of nitrogens with zero attached hydrogens (tertiary/aromatic N) is 1. The molecule has 0 aliphatic carbocycles. The van der Waals surface area contributed by atoms with Gasteiger partial charge in [-0.05, 0) is 28.9 Å². The quantitative estimate of drug-likeness (QED) is 0.747. The molecule has 2 heterocycles. The maximum Gasteiger partial charge on any atom is 0.260 e. The molecule has 2 aromatic rings. The number of sulfonamides is 1. The highest BCUT2D eigenvalue weighted by atomic mass is 79.9. The van der Waals surface area contributed by atoms with Crippen molar-refractivity contribution < 1.29 is 8.42 Å². The summed E-state index contributed by atoms with van der Waals surface area (Å²) in [6, 6.07) is 1.87. The minimum absolute atomic E-state index is 0.0249. The van der Waals surface area contributed by atoms with Crippen LogP contribution < -0.4 is 10.5 Å².